The highest BCUT2D eigenvalue weighted by atomic mass is 19.1. The molecule has 3 aromatic rings. The Balaban J connectivity index is 1.50. The predicted molar refractivity (Wildman–Crippen MR) is 106 cm³/mol. The Kier molecular flexibility index (Phi) is 6.52. The van der Waals surface area contributed by atoms with Crippen molar-refractivity contribution >= 4 is 11.6 Å². The minimum Gasteiger partial charge on any atom is -0.489 e. The Labute approximate surface area is 167 Å². The molecule has 1 amide bonds. The molecule has 0 unspecified atom stereocenters. The fourth-order valence-electron chi connectivity index (χ4n) is 2.77. The molecule has 0 aliphatic heterocycles. The van der Waals surface area contributed by atoms with Gasteiger partial charge in [0, 0.05) is 18.2 Å². The third-order valence-corrected chi connectivity index (χ3v) is 4.25. The first-order chi connectivity index (χ1) is 14.0. The summed E-state index contributed by atoms with van der Waals surface area (Å²) in [6, 6.07) is 19.5. The monoisotopic (exact) mass is 394 g/mol. The normalized spacial score (nSPS) is 10.4. The molecule has 0 saturated carbocycles. The lowest BCUT2D eigenvalue weighted by Crippen LogP contribution is -2.24. The van der Waals surface area contributed by atoms with Gasteiger partial charge in [0.05, 0.1) is 11.3 Å². The van der Waals surface area contributed by atoms with Gasteiger partial charge in [-0.15, -0.1) is 0 Å². The number of nitro benzene ring substituents is 1. The fourth-order valence-corrected chi connectivity index (χ4v) is 2.77. The van der Waals surface area contributed by atoms with E-state index in [1.54, 1.807) is 42.5 Å². The van der Waals surface area contributed by atoms with E-state index in [-0.39, 0.29) is 30.4 Å². The van der Waals surface area contributed by atoms with Gasteiger partial charge in [-0.2, -0.15) is 0 Å². The maximum absolute atomic E-state index is 13.2. The molecule has 0 aliphatic carbocycles. The van der Waals surface area contributed by atoms with E-state index in [2.05, 4.69) is 5.32 Å². The molecule has 0 heterocycles. The summed E-state index contributed by atoms with van der Waals surface area (Å²) in [5.74, 6) is 0.0213. The molecule has 148 valence electrons. The highest BCUT2D eigenvalue weighted by Crippen LogP contribution is 2.18. The van der Waals surface area contributed by atoms with Gasteiger partial charge in [-0.05, 0) is 35.4 Å². The zero-order valence-electron chi connectivity index (χ0n) is 15.5. The van der Waals surface area contributed by atoms with E-state index >= 15 is 0 Å². The van der Waals surface area contributed by atoms with Crippen molar-refractivity contribution in [3.05, 3.63) is 105 Å². The second-order valence-electron chi connectivity index (χ2n) is 6.40. The van der Waals surface area contributed by atoms with Crippen LogP contribution in [-0.2, 0) is 24.4 Å². The van der Waals surface area contributed by atoms with Crippen molar-refractivity contribution in [3.8, 4) is 5.75 Å². The van der Waals surface area contributed by atoms with Crippen LogP contribution < -0.4 is 10.1 Å². The highest BCUT2D eigenvalue weighted by Gasteiger charge is 2.15. The number of hydrogen-bond donors (Lipinski definition) is 1. The van der Waals surface area contributed by atoms with E-state index in [9.17, 15) is 19.3 Å². The van der Waals surface area contributed by atoms with E-state index in [0.29, 0.717) is 17.9 Å². The summed E-state index contributed by atoms with van der Waals surface area (Å²) in [7, 11) is 0. The molecule has 0 bridgehead atoms. The second kappa shape index (κ2) is 9.45. The Morgan fingerprint density at radius 2 is 1.76 bits per heavy atom. The molecule has 0 saturated heterocycles. The highest BCUT2D eigenvalue weighted by molar-refractivity contribution is 5.79. The van der Waals surface area contributed by atoms with E-state index in [4.69, 9.17) is 4.74 Å². The molecular formula is C22H19FN2O4. The number of hydrogen-bond acceptors (Lipinski definition) is 4. The van der Waals surface area contributed by atoms with Crippen molar-refractivity contribution < 1.29 is 18.8 Å². The number of nitrogens with one attached hydrogen (secondary N) is 1. The molecule has 0 spiro atoms. The molecular weight excluding hydrogens is 375 g/mol. The summed E-state index contributed by atoms with van der Waals surface area (Å²) in [5, 5.41) is 13.8. The zero-order chi connectivity index (χ0) is 20.6. The first kappa shape index (κ1) is 20.0. The van der Waals surface area contributed by atoms with Crippen LogP contribution in [0.1, 0.15) is 16.7 Å². The molecule has 29 heavy (non-hydrogen) atoms. The number of nitro groups is 1. The topological polar surface area (TPSA) is 81.5 Å². The molecule has 1 N–H and O–H groups in total. The van der Waals surface area contributed by atoms with Crippen LogP contribution in [0.2, 0.25) is 0 Å². The van der Waals surface area contributed by atoms with Gasteiger partial charge in [-0.3, -0.25) is 14.9 Å². The zero-order valence-corrected chi connectivity index (χ0v) is 15.5. The third-order valence-electron chi connectivity index (χ3n) is 4.25. The van der Waals surface area contributed by atoms with Crippen LogP contribution in [0.15, 0.2) is 72.8 Å². The van der Waals surface area contributed by atoms with Crippen molar-refractivity contribution in [2.24, 2.45) is 0 Å². The van der Waals surface area contributed by atoms with Crippen LogP contribution in [-0.4, -0.2) is 10.8 Å². The lowest BCUT2D eigenvalue weighted by Gasteiger charge is -2.09. The second-order valence-corrected chi connectivity index (χ2v) is 6.40. The third kappa shape index (κ3) is 5.87. The quantitative estimate of drug-likeness (QED) is 0.459. The number of carbonyl (C=O) groups is 1. The summed E-state index contributed by atoms with van der Waals surface area (Å²) in [5.41, 5.74) is 1.90. The van der Waals surface area contributed by atoms with E-state index in [0.717, 1.165) is 11.1 Å². The molecule has 3 aromatic carbocycles. The van der Waals surface area contributed by atoms with Gasteiger partial charge in [-0.1, -0.05) is 42.5 Å². The van der Waals surface area contributed by atoms with Crippen molar-refractivity contribution in [2.45, 2.75) is 19.6 Å². The average molecular weight is 394 g/mol. The molecule has 7 heteroatoms. The lowest BCUT2D eigenvalue weighted by atomic mass is 10.1. The molecule has 0 aliphatic rings. The summed E-state index contributed by atoms with van der Waals surface area (Å²) in [6.07, 6.45) is -0.0635. The van der Waals surface area contributed by atoms with Crippen LogP contribution in [0, 0.1) is 15.9 Å². The van der Waals surface area contributed by atoms with Crippen LogP contribution in [0.3, 0.4) is 0 Å². The number of benzene rings is 3. The summed E-state index contributed by atoms with van der Waals surface area (Å²) in [6.45, 7) is 0.549. The van der Waals surface area contributed by atoms with Gasteiger partial charge in [0.15, 0.2) is 0 Å². The maximum atomic E-state index is 13.2. The smallest absolute Gasteiger partial charge is 0.273 e. The van der Waals surface area contributed by atoms with Crippen molar-refractivity contribution in [1.82, 2.24) is 5.32 Å². The molecule has 0 atom stereocenters. The number of rotatable bonds is 8. The van der Waals surface area contributed by atoms with Crippen LogP contribution in [0.25, 0.3) is 0 Å². The number of ether oxygens (including phenoxy) is 1. The first-order valence-corrected chi connectivity index (χ1v) is 8.96. The van der Waals surface area contributed by atoms with Crippen molar-refractivity contribution in [2.75, 3.05) is 0 Å². The number of para-hydroxylation sites is 1. The van der Waals surface area contributed by atoms with Gasteiger partial charge >= 0.3 is 0 Å². The summed E-state index contributed by atoms with van der Waals surface area (Å²) in [4.78, 5) is 22.6. The van der Waals surface area contributed by atoms with Crippen LogP contribution in [0.4, 0.5) is 10.1 Å². The van der Waals surface area contributed by atoms with E-state index in [1.807, 2.05) is 12.1 Å². The summed E-state index contributed by atoms with van der Waals surface area (Å²) >= 11 is 0. The Bertz CT molecular complexity index is 1010. The SMILES string of the molecule is O=C(Cc1ccccc1[N+](=O)[O-])NCc1ccc(OCc2cccc(F)c2)cc1. The fraction of sp³-hybridized carbons (Fsp3) is 0.136. The summed E-state index contributed by atoms with van der Waals surface area (Å²) < 4.78 is 18.8. The van der Waals surface area contributed by atoms with E-state index in [1.165, 1.54) is 18.2 Å². The van der Waals surface area contributed by atoms with E-state index < -0.39 is 4.92 Å². The largest absolute Gasteiger partial charge is 0.489 e. The number of nitrogens with zero attached hydrogens (tertiary/aromatic N) is 1. The number of carbonyl (C=O) groups excluding carboxylic acids is 1. The van der Waals surface area contributed by atoms with Gasteiger partial charge in [0.25, 0.3) is 5.69 Å². The van der Waals surface area contributed by atoms with Crippen molar-refractivity contribution in [3.63, 3.8) is 0 Å². The first-order valence-electron chi connectivity index (χ1n) is 8.96. The van der Waals surface area contributed by atoms with Crippen LogP contribution >= 0.6 is 0 Å². The van der Waals surface area contributed by atoms with Gasteiger partial charge in [0.1, 0.15) is 18.2 Å². The molecule has 0 aromatic heterocycles. The molecule has 3 rings (SSSR count). The van der Waals surface area contributed by atoms with Crippen molar-refractivity contribution in [1.29, 1.82) is 0 Å². The average Bonchev–Trinajstić information content (AvgIpc) is 2.72. The lowest BCUT2D eigenvalue weighted by molar-refractivity contribution is -0.385. The Morgan fingerprint density at radius 1 is 1.00 bits per heavy atom. The Hall–Kier alpha value is -3.74. The van der Waals surface area contributed by atoms with Crippen LogP contribution in [0.5, 0.6) is 5.75 Å². The van der Waals surface area contributed by atoms with Gasteiger partial charge in [0.2, 0.25) is 5.91 Å². The van der Waals surface area contributed by atoms with Gasteiger partial charge < -0.3 is 10.1 Å². The van der Waals surface area contributed by atoms with Gasteiger partial charge in [-0.25, -0.2) is 4.39 Å². The predicted octanol–water partition coefficient (Wildman–Crippen LogP) is 4.17. The molecule has 0 fully saturated rings. The minimum atomic E-state index is -0.495. The maximum Gasteiger partial charge on any atom is 0.273 e. The molecule has 6 nitrogen and oxygen atoms in total. The molecule has 0 radical (unpaired) electrons. The Morgan fingerprint density at radius 3 is 2.48 bits per heavy atom. The number of halogens is 1. The minimum absolute atomic E-state index is 0.0635. The standard InChI is InChI=1S/C22H19FN2O4/c23-19-6-3-4-17(12-19)15-29-20-10-8-16(9-11-20)14-24-22(26)13-18-5-1-2-7-21(18)25(27)28/h1-12H,13-15H2,(H,24,26). The number of amides is 1.